The van der Waals surface area contributed by atoms with Gasteiger partial charge in [-0.3, -0.25) is 9.59 Å². The molecule has 0 aliphatic heterocycles. The van der Waals surface area contributed by atoms with Crippen molar-refractivity contribution in [3.05, 3.63) is 58.2 Å². The number of hydrogen-bond acceptors (Lipinski definition) is 3. The Kier molecular flexibility index (Phi) is 4.55. The molecule has 2 aromatic rings. The maximum absolute atomic E-state index is 12.2. The van der Waals surface area contributed by atoms with Crippen molar-refractivity contribution in [1.29, 1.82) is 0 Å². The lowest BCUT2D eigenvalue weighted by Crippen LogP contribution is -2.20. The molecule has 0 radical (unpaired) electrons. The Bertz CT molecular complexity index is 701. The van der Waals surface area contributed by atoms with Gasteiger partial charge in [0.15, 0.2) is 0 Å². The van der Waals surface area contributed by atoms with E-state index in [1.54, 1.807) is 43.3 Å². The molecule has 2 amide bonds. The van der Waals surface area contributed by atoms with Crippen molar-refractivity contribution in [2.45, 2.75) is 6.92 Å². The number of rotatable bonds is 3. The van der Waals surface area contributed by atoms with Crippen molar-refractivity contribution < 1.29 is 9.59 Å². The van der Waals surface area contributed by atoms with Crippen LogP contribution in [0.25, 0.3) is 0 Å². The number of nitrogens with one attached hydrogen (secondary N) is 2. The van der Waals surface area contributed by atoms with Gasteiger partial charge in [-0.1, -0.05) is 23.7 Å². The minimum atomic E-state index is -0.323. The normalized spacial score (nSPS) is 10.0. The average Bonchev–Trinajstić information content (AvgIpc) is 2.49. The second kappa shape index (κ2) is 6.37. The molecule has 0 atom stereocenters. The van der Waals surface area contributed by atoms with Crippen LogP contribution in [0.5, 0.6) is 0 Å². The van der Waals surface area contributed by atoms with Gasteiger partial charge < -0.3 is 10.6 Å². The highest BCUT2D eigenvalue weighted by Gasteiger charge is 2.12. The Balaban J connectivity index is 2.24. The first kappa shape index (κ1) is 15.0. The molecule has 0 fully saturated rings. The van der Waals surface area contributed by atoms with Gasteiger partial charge in [0.2, 0.25) is 0 Å². The summed E-state index contributed by atoms with van der Waals surface area (Å²) >= 11 is 6.00. The van der Waals surface area contributed by atoms with Crippen molar-refractivity contribution in [3.63, 3.8) is 0 Å². The van der Waals surface area contributed by atoms with Crippen LogP contribution in [-0.4, -0.2) is 23.8 Å². The van der Waals surface area contributed by atoms with Crippen LogP contribution in [0, 0.1) is 6.92 Å². The quantitative estimate of drug-likeness (QED) is 0.915. The molecule has 1 heterocycles. The Morgan fingerprint density at radius 2 is 1.81 bits per heavy atom. The first-order valence-corrected chi connectivity index (χ1v) is 6.66. The molecule has 0 unspecified atom stereocenters. The fourth-order valence-corrected chi connectivity index (χ4v) is 1.97. The number of pyridine rings is 1. The van der Waals surface area contributed by atoms with Gasteiger partial charge in [0.05, 0.1) is 0 Å². The molecule has 0 spiro atoms. The summed E-state index contributed by atoms with van der Waals surface area (Å²) < 4.78 is 0. The minimum absolute atomic E-state index is 0.234. The van der Waals surface area contributed by atoms with Gasteiger partial charge in [-0.15, -0.1) is 0 Å². The van der Waals surface area contributed by atoms with Crippen LogP contribution in [0.15, 0.2) is 36.4 Å². The number of nitrogens with zero attached hydrogens (tertiary/aromatic N) is 1. The molecule has 21 heavy (non-hydrogen) atoms. The molecule has 2 N–H and O–H groups in total. The fraction of sp³-hybridized carbons (Fsp3) is 0.133. The van der Waals surface area contributed by atoms with Crippen LogP contribution in [0.4, 0.5) is 5.82 Å². The van der Waals surface area contributed by atoms with Crippen LogP contribution in [0.2, 0.25) is 5.02 Å². The summed E-state index contributed by atoms with van der Waals surface area (Å²) in [4.78, 5) is 27.8. The smallest absolute Gasteiger partial charge is 0.269 e. The maximum Gasteiger partial charge on any atom is 0.269 e. The van der Waals surface area contributed by atoms with Gasteiger partial charge in [-0.05, 0) is 36.8 Å². The molecule has 5 nitrogen and oxygen atoms in total. The van der Waals surface area contributed by atoms with E-state index in [0.29, 0.717) is 22.0 Å². The highest BCUT2D eigenvalue weighted by molar-refractivity contribution is 6.32. The lowest BCUT2D eigenvalue weighted by molar-refractivity contribution is 0.0956. The van der Waals surface area contributed by atoms with Gasteiger partial charge in [-0.25, -0.2) is 4.98 Å². The zero-order valence-electron chi connectivity index (χ0n) is 11.6. The monoisotopic (exact) mass is 303 g/mol. The molecule has 1 aromatic carbocycles. The van der Waals surface area contributed by atoms with E-state index in [-0.39, 0.29) is 17.5 Å². The Hall–Kier alpha value is -2.40. The van der Waals surface area contributed by atoms with Gasteiger partial charge >= 0.3 is 0 Å². The SMILES string of the molecule is CNC(=O)c1cccc(NC(=O)c2cccc(Cl)c2C)n1. The topological polar surface area (TPSA) is 71.1 Å². The van der Waals surface area contributed by atoms with E-state index >= 15 is 0 Å². The van der Waals surface area contributed by atoms with E-state index in [0.717, 1.165) is 0 Å². The Morgan fingerprint density at radius 1 is 1.10 bits per heavy atom. The molecule has 1 aromatic heterocycles. The van der Waals surface area contributed by atoms with Crippen LogP contribution in [-0.2, 0) is 0 Å². The average molecular weight is 304 g/mol. The minimum Gasteiger partial charge on any atom is -0.354 e. The van der Waals surface area contributed by atoms with Gasteiger partial charge in [-0.2, -0.15) is 0 Å². The van der Waals surface area contributed by atoms with E-state index in [9.17, 15) is 9.59 Å². The molecule has 0 aliphatic rings. The number of hydrogen-bond donors (Lipinski definition) is 2. The van der Waals surface area contributed by atoms with E-state index in [4.69, 9.17) is 11.6 Å². The number of halogens is 1. The molecule has 0 bridgehead atoms. The summed E-state index contributed by atoms with van der Waals surface area (Å²) in [6.45, 7) is 1.77. The van der Waals surface area contributed by atoms with Crippen molar-refractivity contribution in [2.75, 3.05) is 12.4 Å². The number of aromatic nitrogens is 1. The van der Waals surface area contributed by atoms with E-state index in [1.807, 2.05) is 0 Å². The number of amides is 2. The van der Waals surface area contributed by atoms with Crippen LogP contribution in [0.3, 0.4) is 0 Å². The summed E-state index contributed by atoms with van der Waals surface area (Å²) in [7, 11) is 1.52. The van der Waals surface area contributed by atoms with Crippen molar-refractivity contribution >= 4 is 29.2 Å². The number of anilines is 1. The third-order valence-corrected chi connectivity index (χ3v) is 3.37. The largest absolute Gasteiger partial charge is 0.354 e. The molecule has 6 heteroatoms. The fourth-order valence-electron chi connectivity index (χ4n) is 1.80. The van der Waals surface area contributed by atoms with Crippen LogP contribution < -0.4 is 10.6 Å². The van der Waals surface area contributed by atoms with Gasteiger partial charge in [0.1, 0.15) is 11.5 Å². The third-order valence-electron chi connectivity index (χ3n) is 2.96. The van der Waals surface area contributed by atoms with Crippen molar-refractivity contribution in [2.24, 2.45) is 0 Å². The first-order valence-electron chi connectivity index (χ1n) is 6.28. The van der Waals surface area contributed by atoms with E-state index in [1.165, 1.54) is 7.05 Å². The Morgan fingerprint density at radius 3 is 2.52 bits per heavy atom. The molecular formula is C15H14ClN3O2. The van der Waals surface area contributed by atoms with E-state index < -0.39 is 0 Å². The number of benzene rings is 1. The lowest BCUT2D eigenvalue weighted by atomic mass is 10.1. The zero-order valence-corrected chi connectivity index (χ0v) is 12.4. The summed E-state index contributed by atoms with van der Waals surface area (Å²) in [5, 5.41) is 5.66. The second-order valence-electron chi connectivity index (χ2n) is 4.35. The van der Waals surface area contributed by atoms with Gasteiger partial charge in [0.25, 0.3) is 11.8 Å². The highest BCUT2D eigenvalue weighted by atomic mass is 35.5. The van der Waals surface area contributed by atoms with Gasteiger partial charge in [0, 0.05) is 17.6 Å². The van der Waals surface area contributed by atoms with Crippen LogP contribution in [0.1, 0.15) is 26.4 Å². The van der Waals surface area contributed by atoms with E-state index in [2.05, 4.69) is 15.6 Å². The van der Waals surface area contributed by atoms with Crippen molar-refractivity contribution in [1.82, 2.24) is 10.3 Å². The first-order chi connectivity index (χ1) is 10.0. The molecule has 0 saturated heterocycles. The second-order valence-corrected chi connectivity index (χ2v) is 4.76. The summed E-state index contributed by atoms with van der Waals surface area (Å²) in [6, 6.07) is 9.94. The predicted octanol–water partition coefficient (Wildman–Crippen LogP) is 2.66. The number of carbonyl (C=O) groups is 2. The maximum atomic E-state index is 12.2. The lowest BCUT2D eigenvalue weighted by Gasteiger charge is -2.09. The summed E-state index contributed by atoms with van der Waals surface area (Å²) in [5.74, 6) is -0.331. The molecule has 0 saturated carbocycles. The highest BCUT2D eigenvalue weighted by Crippen LogP contribution is 2.19. The van der Waals surface area contributed by atoms with Crippen molar-refractivity contribution in [3.8, 4) is 0 Å². The third kappa shape index (κ3) is 3.38. The summed E-state index contributed by atoms with van der Waals surface area (Å²) in [6.07, 6.45) is 0. The zero-order chi connectivity index (χ0) is 15.4. The molecule has 2 rings (SSSR count). The standard InChI is InChI=1S/C15H14ClN3O2/c1-9-10(5-3-6-11(9)16)14(20)19-13-8-4-7-12(18-13)15(21)17-2/h3-8H,1-2H3,(H,17,21)(H,18,19,20). The molecular weight excluding hydrogens is 290 g/mol. The molecule has 108 valence electrons. The predicted molar refractivity (Wildman–Crippen MR) is 81.8 cm³/mol. The summed E-state index contributed by atoms with van der Waals surface area (Å²) in [5.41, 5.74) is 1.40. The number of carbonyl (C=O) groups excluding carboxylic acids is 2. The Labute approximate surface area is 127 Å². The van der Waals surface area contributed by atoms with Crippen LogP contribution >= 0.6 is 11.6 Å². The molecule has 0 aliphatic carbocycles.